The quantitative estimate of drug-likeness (QED) is 0.276. The second-order valence-corrected chi connectivity index (χ2v) is 8.26. The van der Waals surface area contributed by atoms with Crippen molar-refractivity contribution in [1.82, 2.24) is 5.32 Å². The minimum atomic E-state index is -0.191. The summed E-state index contributed by atoms with van der Waals surface area (Å²) >= 11 is 1.71. The molecule has 5 heteroatoms. The lowest BCUT2D eigenvalue weighted by molar-refractivity contribution is -0.117. The number of aryl methyl sites for hydroxylation is 1. The molecule has 31 heavy (non-hydrogen) atoms. The van der Waals surface area contributed by atoms with Crippen LogP contribution in [0.25, 0.3) is 0 Å². The van der Waals surface area contributed by atoms with Crippen LogP contribution in [0.3, 0.4) is 0 Å². The molecule has 0 bridgehead atoms. The maximum atomic E-state index is 12.6. The van der Waals surface area contributed by atoms with Crippen LogP contribution >= 0.6 is 11.8 Å². The fourth-order valence-electron chi connectivity index (χ4n) is 2.76. The molecule has 0 atom stereocenters. The average Bonchev–Trinajstić information content (AvgIpc) is 2.76. The van der Waals surface area contributed by atoms with Crippen molar-refractivity contribution in [3.05, 3.63) is 88.7 Å². The lowest BCUT2D eigenvalue weighted by Gasteiger charge is -2.11. The van der Waals surface area contributed by atoms with Crippen molar-refractivity contribution >= 4 is 17.7 Å². The minimum Gasteiger partial charge on any atom is -0.457 e. The van der Waals surface area contributed by atoms with E-state index in [1.807, 2.05) is 49.4 Å². The highest BCUT2D eigenvalue weighted by Crippen LogP contribution is 2.28. The zero-order valence-electron chi connectivity index (χ0n) is 19.0. The summed E-state index contributed by atoms with van der Waals surface area (Å²) in [4.78, 5) is 13.8. The number of amides is 1. The van der Waals surface area contributed by atoms with E-state index in [9.17, 15) is 4.79 Å². The van der Waals surface area contributed by atoms with Crippen LogP contribution in [0.2, 0.25) is 0 Å². The van der Waals surface area contributed by atoms with Gasteiger partial charge >= 0.3 is 0 Å². The molecular formula is C26H32N2O2S. The first-order valence-corrected chi connectivity index (χ1v) is 11.6. The zero-order valence-corrected chi connectivity index (χ0v) is 19.8. The Morgan fingerprint density at radius 2 is 1.87 bits per heavy atom. The third-order valence-corrected chi connectivity index (χ3v) is 5.58. The van der Waals surface area contributed by atoms with E-state index in [1.165, 1.54) is 10.5 Å². The highest BCUT2D eigenvalue weighted by atomic mass is 32.2. The topological polar surface area (TPSA) is 64.3 Å². The molecule has 2 aromatic carbocycles. The molecule has 4 nitrogen and oxygen atoms in total. The van der Waals surface area contributed by atoms with Gasteiger partial charge in [-0.05, 0) is 81.0 Å². The van der Waals surface area contributed by atoms with E-state index in [-0.39, 0.29) is 5.91 Å². The molecule has 0 aliphatic heterocycles. The van der Waals surface area contributed by atoms with Gasteiger partial charge in [0.2, 0.25) is 0 Å². The van der Waals surface area contributed by atoms with Gasteiger partial charge in [0, 0.05) is 17.1 Å². The summed E-state index contributed by atoms with van der Waals surface area (Å²) in [6.07, 6.45) is 8.64. The fourth-order valence-corrected chi connectivity index (χ4v) is 3.25. The summed E-state index contributed by atoms with van der Waals surface area (Å²) in [7, 11) is 0. The maximum Gasteiger partial charge on any atom is 0.253 e. The molecule has 1 amide bonds. The molecule has 0 spiro atoms. The number of benzene rings is 2. The van der Waals surface area contributed by atoms with Crippen molar-refractivity contribution in [2.24, 2.45) is 5.73 Å². The van der Waals surface area contributed by atoms with Gasteiger partial charge in [-0.2, -0.15) is 0 Å². The van der Waals surface area contributed by atoms with E-state index in [0.717, 1.165) is 29.0 Å². The number of hydrogen-bond donors (Lipinski definition) is 2. The molecule has 0 unspecified atom stereocenters. The van der Waals surface area contributed by atoms with Crippen LogP contribution in [0.4, 0.5) is 0 Å². The third kappa shape index (κ3) is 7.68. The number of nitrogens with one attached hydrogen (secondary N) is 1. The SMILES string of the molecule is CCC(C)=C/C=C\C(C(=O)NCc1ccc(Oc2ccc(SC)cc2C)cc1)=C(/C)N. The van der Waals surface area contributed by atoms with E-state index in [2.05, 4.69) is 37.6 Å². The molecular weight excluding hydrogens is 404 g/mol. The molecule has 3 N–H and O–H groups in total. The molecule has 2 rings (SSSR count). The van der Waals surface area contributed by atoms with E-state index in [0.29, 0.717) is 17.8 Å². The second-order valence-electron chi connectivity index (χ2n) is 7.38. The predicted molar refractivity (Wildman–Crippen MR) is 131 cm³/mol. The van der Waals surface area contributed by atoms with E-state index >= 15 is 0 Å². The van der Waals surface area contributed by atoms with Crippen molar-refractivity contribution in [3.63, 3.8) is 0 Å². The molecule has 0 aliphatic carbocycles. The average molecular weight is 437 g/mol. The Kier molecular flexibility index (Phi) is 9.47. The van der Waals surface area contributed by atoms with Gasteiger partial charge in [0.25, 0.3) is 5.91 Å². The van der Waals surface area contributed by atoms with Crippen LogP contribution in [0.5, 0.6) is 11.5 Å². The van der Waals surface area contributed by atoms with Gasteiger partial charge in [-0.25, -0.2) is 0 Å². The highest BCUT2D eigenvalue weighted by Gasteiger charge is 2.09. The monoisotopic (exact) mass is 436 g/mol. The molecule has 0 saturated heterocycles. The van der Waals surface area contributed by atoms with E-state index in [1.54, 1.807) is 24.8 Å². The highest BCUT2D eigenvalue weighted by molar-refractivity contribution is 7.98. The number of carbonyl (C=O) groups is 1. The Bertz CT molecular complexity index is 985. The molecule has 0 radical (unpaired) electrons. The Morgan fingerprint density at radius 3 is 2.45 bits per heavy atom. The van der Waals surface area contributed by atoms with Crippen molar-refractivity contribution in [1.29, 1.82) is 0 Å². The third-order valence-electron chi connectivity index (χ3n) is 4.86. The first-order chi connectivity index (χ1) is 14.8. The van der Waals surface area contributed by atoms with Gasteiger partial charge in [-0.3, -0.25) is 4.79 Å². The number of hydrogen-bond acceptors (Lipinski definition) is 4. The van der Waals surface area contributed by atoms with Gasteiger partial charge in [-0.15, -0.1) is 11.8 Å². The van der Waals surface area contributed by atoms with Crippen molar-refractivity contribution in [2.75, 3.05) is 6.26 Å². The summed E-state index contributed by atoms with van der Waals surface area (Å²) < 4.78 is 6.00. The Balaban J connectivity index is 1.98. The second kappa shape index (κ2) is 12.1. The van der Waals surface area contributed by atoms with Gasteiger partial charge in [-0.1, -0.05) is 36.8 Å². The van der Waals surface area contributed by atoms with Crippen LogP contribution in [0.1, 0.15) is 38.3 Å². The molecule has 0 saturated carbocycles. The molecule has 0 heterocycles. The van der Waals surface area contributed by atoms with Gasteiger partial charge in [0.15, 0.2) is 0 Å². The first kappa shape index (κ1) is 24.4. The molecule has 0 aromatic heterocycles. The zero-order chi connectivity index (χ0) is 22.8. The lowest BCUT2D eigenvalue weighted by atomic mass is 10.1. The molecule has 0 aliphatic rings. The van der Waals surface area contributed by atoms with Gasteiger partial charge < -0.3 is 15.8 Å². The Hall–Kier alpha value is -2.92. The Morgan fingerprint density at radius 1 is 1.16 bits per heavy atom. The summed E-state index contributed by atoms with van der Waals surface area (Å²) in [6.45, 7) is 8.33. The first-order valence-electron chi connectivity index (χ1n) is 10.3. The Labute approximate surface area is 190 Å². The lowest BCUT2D eigenvalue weighted by Crippen LogP contribution is -2.25. The van der Waals surface area contributed by atoms with Crippen LogP contribution in [0, 0.1) is 6.92 Å². The van der Waals surface area contributed by atoms with Gasteiger partial charge in [0.1, 0.15) is 11.5 Å². The summed E-state index contributed by atoms with van der Waals surface area (Å²) in [5, 5.41) is 2.93. The predicted octanol–water partition coefficient (Wildman–Crippen LogP) is 6.27. The van der Waals surface area contributed by atoms with E-state index < -0.39 is 0 Å². The number of rotatable bonds is 9. The number of carbonyl (C=O) groups excluding carboxylic acids is 1. The molecule has 2 aromatic rings. The van der Waals surface area contributed by atoms with Crippen LogP contribution in [0.15, 0.2) is 82.4 Å². The standard InChI is InChI=1S/C26H32N2O2S/c1-6-18(2)8-7-9-24(20(4)27)26(29)28-17-21-10-12-22(13-11-21)30-25-15-14-23(31-5)16-19(25)3/h7-16H,6,17,27H2,1-5H3,(H,28,29)/b9-7-,18-8?,24-20-. The summed E-state index contributed by atoms with van der Waals surface area (Å²) in [6, 6.07) is 13.9. The number of allylic oxidation sites excluding steroid dienone is 4. The fraction of sp³-hybridized carbons (Fsp3) is 0.269. The largest absolute Gasteiger partial charge is 0.457 e. The molecule has 0 fully saturated rings. The normalized spacial score (nSPS) is 12.6. The maximum absolute atomic E-state index is 12.6. The van der Waals surface area contributed by atoms with Crippen LogP contribution < -0.4 is 15.8 Å². The summed E-state index contributed by atoms with van der Waals surface area (Å²) in [5.41, 5.74) is 10.2. The molecule has 164 valence electrons. The van der Waals surface area contributed by atoms with Crippen molar-refractivity contribution < 1.29 is 9.53 Å². The smallest absolute Gasteiger partial charge is 0.253 e. The van der Waals surface area contributed by atoms with Crippen LogP contribution in [-0.4, -0.2) is 12.2 Å². The van der Waals surface area contributed by atoms with Crippen molar-refractivity contribution in [2.45, 2.75) is 45.6 Å². The number of thioether (sulfide) groups is 1. The van der Waals surface area contributed by atoms with Crippen LogP contribution in [-0.2, 0) is 11.3 Å². The number of nitrogens with two attached hydrogens (primary N) is 1. The minimum absolute atomic E-state index is 0.191. The van der Waals surface area contributed by atoms with E-state index in [4.69, 9.17) is 10.5 Å². The summed E-state index contributed by atoms with van der Waals surface area (Å²) in [5.74, 6) is 1.41. The van der Waals surface area contributed by atoms with Crippen molar-refractivity contribution in [3.8, 4) is 11.5 Å². The number of ether oxygens (including phenoxy) is 1. The van der Waals surface area contributed by atoms with Gasteiger partial charge in [0.05, 0.1) is 5.57 Å².